The van der Waals surface area contributed by atoms with E-state index in [1.54, 1.807) is 6.07 Å². The van der Waals surface area contributed by atoms with E-state index >= 15 is 0 Å². The van der Waals surface area contributed by atoms with Gasteiger partial charge in [0.05, 0.1) is 17.2 Å². The molecule has 0 aromatic heterocycles. The smallest absolute Gasteiger partial charge is 0.335 e. The molecule has 2 aromatic carbocycles. The fourth-order valence-electron chi connectivity index (χ4n) is 1.93. The van der Waals surface area contributed by atoms with Gasteiger partial charge in [-0.25, -0.2) is 9.59 Å². The van der Waals surface area contributed by atoms with Crippen LogP contribution in [0.4, 0.5) is 0 Å². The van der Waals surface area contributed by atoms with Gasteiger partial charge in [0.2, 0.25) is 0 Å². The lowest BCUT2D eigenvalue weighted by Gasteiger charge is -2.14. The minimum Gasteiger partial charge on any atom is -0.490 e. The third-order valence-electron chi connectivity index (χ3n) is 2.77. The fourth-order valence-corrected chi connectivity index (χ4v) is 1.93. The molecule has 0 radical (unpaired) electrons. The topological polar surface area (TPSA) is 83.8 Å². The third kappa shape index (κ3) is 2.71. The molecule has 20 heavy (non-hydrogen) atoms. The van der Waals surface area contributed by atoms with E-state index in [4.69, 9.17) is 14.9 Å². The monoisotopic (exact) mass is 274 g/mol. The summed E-state index contributed by atoms with van der Waals surface area (Å²) in [5, 5.41) is 19.3. The second kappa shape index (κ2) is 5.21. The summed E-state index contributed by atoms with van der Waals surface area (Å²) in [5.41, 5.74) is 0.241. The number of carbonyl (C=O) groups is 2. The summed E-state index contributed by atoms with van der Waals surface area (Å²) >= 11 is 0. The van der Waals surface area contributed by atoms with Gasteiger partial charge in [0.1, 0.15) is 5.75 Å². The Morgan fingerprint density at radius 3 is 2.20 bits per heavy atom. The zero-order chi connectivity index (χ0) is 14.9. The van der Waals surface area contributed by atoms with Gasteiger partial charge < -0.3 is 14.9 Å². The molecule has 0 saturated carbocycles. The Labute approximate surface area is 115 Å². The summed E-state index contributed by atoms with van der Waals surface area (Å²) in [6.07, 6.45) is -0.143. The molecule has 0 aliphatic heterocycles. The normalized spacial score (nSPS) is 10.8. The number of fused-ring (bicyclic) bond motifs is 1. The van der Waals surface area contributed by atoms with Crippen LogP contribution in [0.25, 0.3) is 10.8 Å². The molecule has 2 N–H and O–H groups in total. The Morgan fingerprint density at radius 1 is 1.00 bits per heavy atom. The van der Waals surface area contributed by atoms with Crippen LogP contribution in [-0.2, 0) is 0 Å². The van der Waals surface area contributed by atoms with Crippen LogP contribution in [0.2, 0.25) is 0 Å². The van der Waals surface area contributed by atoms with Crippen LogP contribution in [0, 0.1) is 0 Å². The number of aromatic carboxylic acids is 2. The summed E-state index contributed by atoms with van der Waals surface area (Å²) in [7, 11) is 0. The van der Waals surface area contributed by atoms with E-state index < -0.39 is 11.9 Å². The van der Waals surface area contributed by atoms with E-state index in [9.17, 15) is 9.59 Å². The highest BCUT2D eigenvalue weighted by molar-refractivity contribution is 6.00. The average molecular weight is 274 g/mol. The third-order valence-corrected chi connectivity index (χ3v) is 2.77. The van der Waals surface area contributed by atoms with Crippen molar-refractivity contribution in [3.05, 3.63) is 41.5 Å². The Morgan fingerprint density at radius 2 is 1.65 bits per heavy atom. The van der Waals surface area contributed by atoms with Crippen LogP contribution in [0.15, 0.2) is 30.3 Å². The number of carboxylic acid groups (broad SMARTS) is 2. The number of ether oxygens (including phenoxy) is 1. The highest BCUT2D eigenvalue weighted by Crippen LogP contribution is 2.29. The molecule has 0 aliphatic rings. The zero-order valence-electron chi connectivity index (χ0n) is 11.1. The van der Waals surface area contributed by atoms with Crippen molar-refractivity contribution in [1.82, 2.24) is 0 Å². The summed E-state index contributed by atoms with van der Waals surface area (Å²) in [6.45, 7) is 3.64. The van der Waals surface area contributed by atoms with Gasteiger partial charge >= 0.3 is 11.9 Å². The van der Waals surface area contributed by atoms with Gasteiger partial charge in [-0.2, -0.15) is 0 Å². The van der Waals surface area contributed by atoms with Gasteiger partial charge in [0.15, 0.2) is 0 Å². The predicted octanol–water partition coefficient (Wildman–Crippen LogP) is 3.02. The molecule has 0 bridgehead atoms. The molecule has 0 spiro atoms. The Kier molecular flexibility index (Phi) is 3.61. The fraction of sp³-hybridized carbons (Fsp3) is 0.200. The zero-order valence-corrected chi connectivity index (χ0v) is 11.1. The molecule has 5 nitrogen and oxygen atoms in total. The van der Waals surface area contributed by atoms with E-state index in [1.807, 2.05) is 13.8 Å². The van der Waals surface area contributed by atoms with Crippen LogP contribution in [0.5, 0.6) is 5.75 Å². The van der Waals surface area contributed by atoms with Gasteiger partial charge in [-0.05, 0) is 43.5 Å². The molecule has 5 heteroatoms. The van der Waals surface area contributed by atoms with Crippen molar-refractivity contribution in [1.29, 1.82) is 0 Å². The molecule has 0 amide bonds. The predicted molar refractivity (Wildman–Crippen MR) is 73.6 cm³/mol. The lowest BCUT2D eigenvalue weighted by atomic mass is 10.0. The average Bonchev–Trinajstić information content (AvgIpc) is 2.37. The number of hydrogen-bond donors (Lipinski definition) is 2. The van der Waals surface area contributed by atoms with Crippen molar-refractivity contribution in [3.8, 4) is 5.75 Å². The Balaban J connectivity index is 2.70. The second-order valence-corrected chi connectivity index (χ2v) is 4.69. The van der Waals surface area contributed by atoms with Gasteiger partial charge in [-0.3, -0.25) is 0 Å². The van der Waals surface area contributed by atoms with E-state index in [0.29, 0.717) is 16.5 Å². The van der Waals surface area contributed by atoms with Crippen molar-refractivity contribution in [3.63, 3.8) is 0 Å². The first-order valence-corrected chi connectivity index (χ1v) is 6.09. The Hall–Kier alpha value is -2.56. The lowest BCUT2D eigenvalue weighted by Crippen LogP contribution is -2.07. The quantitative estimate of drug-likeness (QED) is 0.895. The van der Waals surface area contributed by atoms with E-state index in [2.05, 4.69) is 0 Å². The molecule has 0 heterocycles. The molecule has 0 atom stereocenters. The first-order chi connectivity index (χ1) is 9.38. The molecular weight excluding hydrogens is 260 g/mol. The summed E-state index contributed by atoms with van der Waals surface area (Å²) < 4.78 is 5.60. The SMILES string of the molecule is CC(C)Oc1cc(C(=O)O)cc2ccc(C(=O)O)cc12. The van der Waals surface area contributed by atoms with Crippen LogP contribution in [0.3, 0.4) is 0 Å². The molecule has 0 saturated heterocycles. The van der Waals surface area contributed by atoms with Crippen LogP contribution < -0.4 is 4.74 Å². The summed E-state index contributed by atoms with van der Waals surface area (Å²) in [6, 6.07) is 7.42. The maximum Gasteiger partial charge on any atom is 0.335 e. The van der Waals surface area contributed by atoms with Crippen LogP contribution >= 0.6 is 0 Å². The minimum absolute atomic E-state index is 0.108. The molecular formula is C15H14O5. The van der Waals surface area contributed by atoms with E-state index in [0.717, 1.165) is 0 Å². The molecule has 104 valence electrons. The van der Waals surface area contributed by atoms with Crippen molar-refractivity contribution in [2.75, 3.05) is 0 Å². The van der Waals surface area contributed by atoms with Gasteiger partial charge in [0.25, 0.3) is 0 Å². The largest absolute Gasteiger partial charge is 0.490 e. The molecule has 2 aromatic rings. The maximum absolute atomic E-state index is 11.1. The van der Waals surface area contributed by atoms with Crippen LogP contribution in [-0.4, -0.2) is 28.3 Å². The summed E-state index contributed by atoms with van der Waals surface area (Å²) in [5.74, 6) is -1.72. The van der Waals surface area contributed by atoms with Crippen molar-refractivity contribution >= 4 is 22.7 Å². The molecule has 0 unspecified atom stereocenters. The van der Waals surface area contributed by atoms with Crippen molar-refractivity contribution in [2.24, 2.45) is 0 Å². The van der Waals surface area contributed by atoms with Crippen LogP contribution in [0.1, 0.15) is 34.6 Å². The maximum atomic E-state index is 11.1. The van der Waals surface area contributed by atoms with Gasteiger partial charge in [-0.1, -0.05) is 6.07 Å². The number of rotatable bonds is 4. The van der Waals surface area contributed by atoms with Gasteiger partial charge in [-0.15, -0.1) is 0 Å². The molecule has 0 fully saturated rings. The number of benzene rings is 2. The first-order valence-electron chi connectivity index (χ1n) is 6.09. The highest BCUT2D eigenvalue weighted by Gasteiger charge is 2.13. The summed E-state index contributed by atoms with van der Waals surface area (Å²) in [4.78, 5) is 22.1. The van der Waals surface area contributed by atoms with Crippen molar-refractivity contribution in [2.45, 2.75) is 20.0 Å². The number of hydrogen-bond acceptors (Lipinski definition) is 3. The first kappa shape index (κ1) is 13.9. The van der Waals surface area contributed by atoms with Gasteiger partial charge in [0, 0.05) is 5.39 Å². The van der Waals surface area contributed by atoms with E-state index in [1.165, 1.54) is 24.3 Å². The standard InChI is InChI=1S/C15H14O5/c1-8(2)20-13-7-11(15(18)19)5-9-3-4-10(14(16)17)6-12(9)13/h3-8H,1-2H3,(H,16,17)(H,18,19). The van der Waals surface area contributed by atoms with E-state index in [-0.39, 0.29) is 17.2 Å². The molecule has 0 aliphatic carbocycles. The highest BCUT2D eigenvalue weighted by atomic mass is 16.5. The Bertz CT molecular complexity index is 688. The molecule has 2 rings (SSSR count). The second-order valence-electron chi connectivity index (χ2n) is 4.69. The van der Waals surface area contributed by atoms with Crippen molar-refractivity contribution < 1.29 is 24.5 Å². The number of carboxylic acids is 2. The minimum atomic E-state index is -1.05. The lowest BCUT2D eigenvalue weighted by molar-refractivity contribution is 0.0685.